The molecule has 0 amide bonds. The Kier molecular flexibility index (Phi) is 3.98. The molecular formula is C15H16BrN5O. The normalized spacial score (nSPS) is 12.5. The van der Waals surface area contributed by atoms with Crippen molar-refractivity contribution in [1.82, 2.24) is 19.9 Å². The van der Waals surface area contributed by atoms with Gasteiger partial charge in [0.15, 0.2) is 0 Å². The van der Waals surface area contributed by atoms with Crippen molar-refractivity contribution in [3.05, 3.63) is 46.5 Å². The van der Waals surface area contributed by atoms with E-state index in [-0.39, 0.29) is 6.04 Å². The largest absolute Gasteiger partial charge is 0.398 e. The molecule has 6 nitrogen and oxygen atoms in total. The second kappa shape index (κ2) is 5.92. The number of halogens is 1. The van der Waals surface area contributed by atoms with Gasteiger partial charge in [0, 0.05) is 17.4 Å². The lowest BCUT2D eigenvalue weighted by Crippen LogP contribution is -2.10. The standard InChI is InChI=1S/C15H16BrN5O/c1-3-13(21-8-10(16)7-18-21)15-19-14(20-22-15)11-5-4-6-12(17)9(11)2/h4-8,13H,3,17H2,1-2H3. The third kappa shape index (κ3) is 2.64. The number of aromatic nitrogens is 4. The van der Waals surface area contributed by atoms with Crippen LogP contribution in [-0.4, -0.2) is 19.9 Å². The molecule has 0 radical (unpaired) electrons. The van der Waals surface area contributed by atoms with E-state index in [0.29, 0.717) is 17.4 Å². The van der Waals surface area contributed by atoms with Gasteiger partial charge in [0.1, 0.15) is 6.04 Å². The van der Waals surface area contributed by atoms with Crippen LogP contribution in [0.3, 0.4) is 0 Å². The Morgan fingerprint density at radius 2 is 2.23 bits per heavy atom. The van der Waals surface area contributed by atoms with Crippen molar-refractivity contribution < 1.29 is 4.52 Å². The van der Waals surface area contributed by atoms with Crippen molar-refractivity contribution in [2.45, 2.75) is 26.3 Å². The van der Waals surface area contributed by atoms with Crippen molar-refractivity contribution in [1.29, 1.82) is 0 Å². The van der Waals surface area contributed by atoms with Gasteiger partial charge in [0.2, 0.25) is 5.82 Å². The summed E-state index contributed by atoms with van der Waals surface area (Å²) in [6.45, 7) is 4.00. The van der Waals surface area contributed by atoms with Gasteiger partial charge in [0.25, 0.3) is 5.89 Å². The van der Waals surface area contributed by atoms with Crippen LogP contribution in [0.1, 0.15) is 30.8 Å². The van der Waals surface area contributed by atoms with Crippen LogP contribution in [0.4, 0.5) is 5.69 Å². The molecule has 0 fully saturated rings. The highest BCUT2D eigenvalue weighted by molar-refractivity contribution is 9.10. The Morgan fingerprint density at radius 3 is 2.91 bits per heavy atom. The highest BCUT2D eigenvalue weighted by Gasteiger charge is 2.21. The predicted octanol–water partition coefficient (Wildman–Crippen LogP) is 3.59. The monoisotopic (exact) mass is 361 g/mol. The van der Waals surface area contributed by atoms with Gasteiger partial charge in [-0.1, -0.05) is 24.2 Å². The summed E-state index contributed by atoms with van der Waals surface area (Å²) in [5.41, 5.74) is 8.48. The smallest absolute Gasteiger partial charge is 0.251 e. The fourth-order valence-corrected chi connectivity index (χ4v) is 2.64. The van der Waals surface area contributed by atoms with Crippen LogP contribution in [-0.2, 0) is 0 Å². The van der Waals surface area contributed by atoms with Gasteiger partial charge in [-0.25, -0.2) is 0 Å². The fraction of sp³-hybridized carbons (Fsp3) is 0.267. The van der Waals surface area contributed by atoms with Crippen molar-refractivity contribution in [3.8, 4) is 11.4 Å². The SMILES string of the molecule is CCC(c1nc(-c2cccc(N)c2C)no1)n1cc(Br)cn1. The zero-order chi connectivity index (χ0) is 15.7. The Hall–Kier alpha value is -2.15. The minimum Gasteiger partial charge on any atom is -0.398 e. The number of anilines is 1. The second-order valence-electron chi connectivity index (χ2n) is 5.04. The molecule has 0 spiro atoms. The molecule has 3 rings (SSSR count). The molecule has 1 aromatic carbocycles. The molecule has 7 heteroatoms. The summed E-state index contributed by atoms with van der Waals surface area (Å²) in [5.74, 6) is 1.08. The molecule has 2 heterocycles. The molecule has 114 valence electrons. The molecule has 2 aromatic heterocycles. The molecule has 1 unspecified atom stereocenters. The zero-order valence-electron chi connectivity index (χ0n) is 12.3. The first-order chi connectivity index (χ1) is 10.6. The van der Waals surface area contributed by atoms with Crippen LogP contribution in [0.15, 0.2) is 39.6 Å². The summed E-state index contributed by atoms with van der Waals surface area (Å²) in [6.07, 6.45) is 4.43. The molecule has 22 heavy (non-hydrogen) atoms. The Balaban J connectivity index is 1.97. The minimum absolute atomic E-state index is 0.0890. The number of nitrogen functional groups attached to an aromatic ring is 1. The molecule has 1 atom stereocenters. The molecular weight excluding hydrogens is 346 g/mol. The maximum Gasteiger partial charge on any atom is 0.251 e. The third-order valence-corrected chi connectivity index (χ3v) is 4.03. The maximum absolute atomic E-state index is 5.94. The van der Waals surface area contributed by atoms with Gasteiger partial charge < -0.3 is 10.3 Å². The zero-order valence-corrected chi connectivity index (χ0v) is 13.9. The van der Waals surface area contributed by atoms with Crippen LogP contribution in [0, 0.1) is 6.92 Å². The quantitative estimate of drug-likeness (QED) is 0.718. The fourth-order valence-electron chi connectivity index (χ4n) is 2.34. The maximum atomic E-state index is 5.94. The van der Waals surface area contributed by atoms with Crippen LogP contribution in [0.25, 0.3) is 11.4 Å². The van der Waals surface area contributed by atoms with Crippen LogP contribution in [0.2, 0.25) is 0 Å². The predicted molar refractivity (Wildman–Crippen MR) is 87.2 cm³/mol. The summed E-state index contributed by atoms with van der Waals surface area (Å²) >= 11 is 3.40. The van der Waals surface area contributed by atoms with Gasteiger partial charge in [-0.15, -0.1) is 0 Å². The molecule has 2 N–H and O–H groups in total. The van der Waals surface area contributed by atoms with Gasteiger partial charge in [-0.2, -0.15) is 10.1 Å². The molecule has 3 aromatic rings. The third-order valence-electron chi connectivity index (χ3n) is 3.62. The van der Waals surface area contributed by atoms with Crippen LogP contribution in [0.5, 0.6) is 0 Å². The first kappa shape index (κ1) is 14.8. The van der Waals surface area contributed by atoms with E-state index >= 15 is 0 Å². The molecule has 0 saturated carbocycles. The average molecular weight is 362 g/mol. The molecule has 0 saturated heterocycles. The summed E-state index contributed by atoms with van der Waals surface area (Å²) in [6, 6.07) is 5.59. The van der Waals surface area contributed by atoms with Crippen molar-refractivity contribution >= 4 is 21.6 Å². The van der Waals surface area contributed by atoms with E-state index in [2.05, 4.69) is 38.1 Å². The lowest BCUT2D eigenvalue weighted by molar-refractivity contribution is 0.321. The number of nitrogens with zero attached hydrogens (tertiary/aromatic N) is 4. The van der Waals surface area contributed by atoms with E-state index < -0.39 is 0 Å². The number of hydrogen-bond donors (Lipinski definition) is 1. The van der Waals surface area contributed by atoms with E-state index in [1.807, 2.05) is 36.0 Å². The first-order valence-electron chi connectivity index (χ1n) is 6.99. The topological polar surface area (TPSA) is 82.8 Å². The summed E-state index contributed by atoms with van der Waals surface area (Å²) in [7, 11) is 0. The first-order valence-corrected chi connectivity index (χ1v) is 7.78. The number of hydrogen-bond acceptors (Lipinski definition) is 5. The lowest BCUT2D eigenvalue weighted by Gasteiger charge is -2.10. The summed E-state index contributed by atoms with van der Waals surface area (Å²) < 4.78 is 8.18. The van der Waals surface area contributed by atoms with E-state index in [9.17, 15) is 0 Å². The lowest BCUT2D eigenvalue weighted by atomic mass is 10.1. The van der Waals surface area contributed by atoms with Gasteiger partial charge in [-0.05, 0) is 40.9 Å². The van der Waals surface area contributed by atoms with E-state index in [1.54, 1.807) is 6.20 Å². The molecule has 0 aliphatic rings. The van der Waals surface area contributed by atoms with Crippen molar-refractivity contribution in [2.75, 3.05) is 5.73 Å². The van der Waals surface area contributed by atoms with Gasteiger partial charge in [0.05, 0.1) is 10.7 Å². The van der Waals surface area contributed by atoms with E-state index in [0.717, 1.165) is 22.0 Å². The number of rotatable bonds is 4. The molecule has 0 bridgehead atoms. The number of benzene rings is 1. The highest BCUT2D eigenvalue weighted by atomic mass is 79.9. The Labute approximate surface area is 136 Å². The highest BCUT2D eigenvalue weighted by Crippen LogP contribution is 2.27. The van der Waals surface area contributed by atoms with Crippen molar-refractivity contribution in [2.24, 2.45) is 0 Å². The van der Waals surface area contributed by atoms with E-state index in [1.165, 1.54) is 0 Å². The average Bonchev–Trinajstić information content (AvgIpc) is 3.13. The Bertz CT molecular complexity index is 795. The van der Waals surface area contributed by atoms with Crippen molar-refractivity contribution in [3.63, 3.8) is 0 Å². The molecule has 0 aliphatic heterocycles. The second-order valence-corrected chi connectivity index (χ2v) is 5.95. The summed E-state index contributed by atoms with van der Waals surface area (Å²) in [5, 5.41) is 8.39. The summed E-state index contributed by atoms with van der Waals surface area (Å²) in [4.78, 5) is 4.53. The molecule has 0 aliphatic carbocycles. The van der Waals surface area contributed by atoms with Crippen LogP contribution >= 0.6 is 15.9 Å². The Morgan fingerprint density at radius 1 is 1.41 bits per heavy atom. The van der Waals surface area contributed by atoms with Gasteiger partial charge >= 0.3 is 0 Å². The minimum atomic E-state index is -0.0890. The van der Waals surface area contributed by atoms with E-state index in [4.69, 9.17) is 10.3 Å². The number of nitrogens with two attached hydrogens (primary N) is 1. The van der Waals surface area contributed by atoms with Crippen LogP contribution < -0.4 is 5.73 Å². The van der Waals surface area contributed by atoms with Gasteiger partial charge in [-0.3, -0.25) is 4.68 Å².